The first-order valence-electron chi connectivity index (χ1n) is 9.46. The molecule has 1 aliphatic carbocycles. The lowest BCUT2D eigenvalue weighted by molar-refractivity contribution is 0.171. The highest BCUT2D eigenvalue weighted by atomic mass is 32.1. The van der Waals surface area contributed by atoms with Crippen LogP contribution in [0.4, 0.5) is 11.6 Å². The highest BCUT2D eigenvalue weighted by Gasteiger charge is 2.22. The SMILES string of the molecule is CCn1c(Nc2ccc3c(c2)OCCO3)nc2sc3c(c2c1=O)CCCC3. The number of aromatic nitrogens is 2. The summed E-state index contributed by atoms with van der Waals surface area (Å²) in [5.41, 5.74) is 2.11. The minimum absolute atomic E-state index is 0.0574. The lowest BCUT2D eigenvalue weighted by Gasteiger charge is -2.19. The van der Waals surface area contributed by atoms with Crippen LogP contribution in [-0.4, -0.2) is 22.8 Å². The van der Waals surface area contributed by atoms with Crippen LogP contribution in [0.3, 0.4) is 0 Å². The summed E-state index contributed by atoms with van der Waals surface area (Å²) in [5, 5.41) is 4.13. The largest absolute Gasteiger partial charge is 0.486 e. The molecule has 140 valence electrons. The smallest absolute Gasteiger partial charge is 0.263 e. The fourth-order valence-corrected chi connectivity index (χ4v) is 5.13. The Morgan fingerprint density at radius 1 is 1.19 bits per heavy atom. The van der Waals surface area contributed by atoms with E-state index in [-0.39, 0.29) is 5.56 Å². The molecule has 1 N–H and O–H groups in total. The quantitative estimate of drug-likeness (QED) is 0.744. The number of nitrogens with one attached hydrogen (secondary N) is 1. The topological polar surface area (TPSA) is 65.4 Å². The second-order valence-electron chi connectivity index (χ2n) is 6.86. The van der Waals surface area contributed by atoms with E-state index in [1.165, 1.54) is 16.9 Å². The molecule has 3 heterocycles. The van der Waals surface area contributed by atoms with Gasteiger partial charge in [-0.05, 0) is 50.3 Å². The van der Waals surface area contributed by atoms with E-state index < -0.39 is 0 Å². The van der Waals surface area contributed by atoms with Crippen LogP contribution in [0.1, 0.15) is 30.2 Å². The normalized spacial score (nSPS) is 15.6. The summed E-state index contributed by atoms with van der Waals surface area (Å²) < 4.78 is 13.0. The number of hydrogen-bond donors (Lipinski definition) is 1. The molecule has 0 amide bonds. The van der Waals surface area contributed by atoms with Gasteiger partial charge in [0.05, 0.1) is 5.39 Å². The van der Waals surface area contributed by atoms with E-state index in [2.05, 4.69) is 5.32 Å². The third-order valence-electron chi connectivity index (χ3n) is 5.19. The second-order valence-corrected chi connectivity index (χ2v) is 7.94. The summed E-state index contributed by atoms with van der Waals surface area (Å²) in [5.74, 6) is 2.03. The van der Waals surface area contributed by atoms with Gasteiger partial charge in [-0.3, -0.25) is 9.36 Å². The van der Waals surface area contributed by atoms with Crippen LogP contribution in [0, 0.1) is 0 Å². The summed E-state index contributed by atoms with van der Waals surface area (Å²) in [6.45, 7) is 3.65. The number of rotatable bonds is 3. The van der Waals surface area contributed by atoms with Crippen molar-refractivity contribution in [3.05, 3.63) is 39.0 Å². The van der Waals surface area contributed by atoms with Gasteiger partial charge in [-0.25, -0.2) is 4.98 Å². The van der Waals surface area contributed by atoms with Crippen molar-refractivity contribution in [2.45, 2.75) is 39.2 Å². The Hall–Kier alpha value is -2.54. The lowest BCUT2D eigenvalue weighted by Crippen LogP contribution is -2.24. The third-order valence-corrected chi connectivity index (χ3v) is 6.38. The van der Waals surface area contributed by atoms with Crippen LogP contribution in [-0.2, 0) is 19.4 Å². The highest BCUT2D eigenvalue weighted by Crippen LogP contribution is 2.36. The van der Waals surface area contributed by atoms with Gasteiger partial charge in [-0.1, -0.05) is 0 Å². The molecule has 1 aromatic carbocycles. The van der Waals surface area contributed by atoms with Gasteiger partial charge in [-0.2, -0.15) is 0 Å². The number of fused-ring (bicyclic) bond motifs is 4. The van der Waals surface area contributed by atoms with Crippen LogP contribution in [0.25, 0.3) is 10.2 Å². The molecule has 7 heteroatoms. The number of aryl methyl sites for hydroxylation is 2. The van der Waals surface area contributed by atoms with Gasteiger partial charge >= 0.3 is 0 Å². The van der Waals surface area contributed by atoms with Gasteiger partial charge < -0.3 is 14.8 Å². The number of thiophene rings is 1. The Bertz CT molecular complexity index is 1090. The van der Waals surface area contributed by atoms with E-state index in [0.29, 0.717) is 31.5 Å². The van der Waals surface area contributed by atoms with Crippen molar-refractivity contribution in [2.75, 3.05) is 18.5 Å². The molecular weight excluding hydrogens is 362 g/mol. The van der Waals surface area contributed by atoms with Gasteiger partial charge in [-0.15, -0.1) is 11.3 Å². The minimum Gasteiger partial charge on any atom is -0.486 e. The van der Waals surface area contributed by atoms with Gasteiger partial charge in [0.25, 0.3) is 5.56 Å². The standard InChI is InChI=1S/C20H21N3O3S/c1-2-23-19(24)17-13-5-3-4-6-16(13)27-18(17)22-20(23)21-12-7-8-14-15(11-12)26-10-9-25-14/h7-8,11H,2-6,9-10H2,1H3,(H,21,22). The van der Waals surface area contributed by atoms with Gasteiger partial charge in [0.1, 0.15) is 18.0 Å². The Morgan fingerprint density at radius 2 is 2.00 bits per heavy atom. The molecule has 0 fully saturated rings. The molecule has 0 atom stereocenters. The number of hydrogen-bond acceptors (Lipinski definition) is 6. The summed E-state index contributed by atoms with van der Waals surface area (Å²) in [6.07, 6.45) is 4.41. The first kappa shape index (κ1) is 16.6. The third kappa shape index (κ3) is 2.77. The zero-order valence-corrected chi connectivity index (χ0v) is 16.0. The van der Waals surface area contributed by atoms with E-state index in [0.717, 1.165) is 40.9 Å². The zero-order chi connectivity index (χ0) is 18.4. The average Bonchev–Trinajstić information content (AvgIpc) is 3.06. The molecular formula is C20H21N3O3S. The maximum atomic E-state index is 13.2. The van der Waals surface area contributed by atoms with E-state index in [4.69, 9.17) is 14.5 Å². The van der Waals surface area contributed by atoms with Gasteiger partial charge in [0.2, 0.25) is 5.95 Å². The molecule has 0 spiro atoms. The molecule has 0 bridgehead atoms. The lowest BCUT2D eigenvalue weighted by atomic mass is 9.97. The maximum Gasteiger partial charge on any atom is 0.263 e. The van der Waals surface area contributed by atoms with Crippen molar-refractivity contribution < 1.29 is 9.47 Å². The van der Waals surface area contributed by atoms with Crippen molar-refractivity contribution >= 4 is 33.2 Å². The zero-order valence-electron chi connectivity index (χ0n) is 15.2. The minimum atomic E-state index is 0.0574. The summed E-state index contributed by atoms with van der Waals surface area (Å²) >= 11 is 1.67. The van der Waals surface area contributed by atoms with Crippen LogP contribution in [0.5, 0.6) is 11.5 Å². The molecule has 1 aliphatic heterocycles. The Morgan fingerprint density at radius 3 is 2.85 bits per heavy atom. The fraction of sp³-hybridized carbons (Fsp3) is 0.400. The molecule has 0 saturated heterocycles. The predicted octanol–water partition coefficient (Wildman–Crippen LogP) is 3.87. The van der Waals surface area contributed by atoms with Crippen molar-refractivity contribution in [1.29, 1.82) is 0 Å². The monoisotopic (exact) mass is 383 g/mol. The Balaban J connectivity index is 1.59. The molecule has 6 nitrogen and oxygen atoms in total. The van der Waals surface area contributed by atoms with Crippen LogP contribution >= 0.6 is 11.3 Å². The fourth-order valence-electron chi connectivity index (χ4n) is 3.88. The highest BCUT2D eigenvalue weighted by molar-refractivity contribution is 7.18. The molecule has 3 aromatic rings. The molecule has 0 unspecified atom stereocenters. The molecule has 2 aromatic heterocycles. The number of anilines is 2. The predicted molar refractivity (Wildman–Crippen MR) is 107 cm³/mol. The Kier molecular flexibility index (Phi) is 4.04. The first-order chi connectivity index (χ1) is 13.2. The molecule has 5 rings (SSSR count). The average molecular weight is 383 g/mol. The van der Waals surface area contributed by atoms with Crippen molar-refractivity contribution in [1.82, 2.24) is 9.55 Å². The molecule has 0 saturated carbocycles. The van der Waals surface area contributed by atoms with E-state index >= 15 is 0 Å². The number of nitrogens with zero attached hydrogens (tertiary/aromatic N) is 2. The molecule has 27 heavy (non-hydrogen) atoms. The van der Waals surface area contributed by atoms with E-state index in [9.17, 15) is 4.79 Å². The first-order valence-corrected chi connectivity index (χ1v) is 10.3. The summed E-state index contributed by atoms with van der Waals surface area (Å²) in [6, 6.07) is 5.70. The van der Waals surface area contributed by atoms with Crippen LogP contribution in [0.2, 0.25) is 0 Å². The van der Waals surface area contributed by atoms with Crippen LogP contribution < -0.4 is 20.3 Å². The summed E-state index contributed by atoms with van der Waals surface area (Å²) in [7, 11) is 0. The number of benzene rings is 1. The molecule has 0 radical (unpaired) electrons. The van der Waals surface area contributed by atoms with Gasteiger partial charge in [0.15, 0.2) is 11.5 Å². The van der Waals surface area contributed by atoms with Crippen molar-refractivity contribution in [3.8, 4) is 11.5 Å². The summed E-state index contributed by atoms with van der Waals surface area (Å²) in [4.78, 5) is 20.2. The maximum absolute atomic E-state index is 13.2. The van der Waals surface area contributed by atoms with E-state index in [1.54, 1.807) is 15.9 Å². The van der Waals surface area contributed by atoms with Crippen LogP contribution in [0.15, 0.2) is 23.0 Å². The van der Waals surface area contributed by atoms with E-state index in [1.807, 2.05) is 25.1 Å². The Labute approximate surface area is 160 Å². The van der Waals surface area contributed by atoms with Crippen molar-refractivity contribution in [3.63, 3.8) is 0 Å². The van der Waals surface area contributed by atoms with Crippen molar-refractivity contribution in [2.24, 2.45) is 0 Å². The second kappa shape index (κ2) is 6.56. The number of ether oxygens (including phenoxy) is 2. The molecule has 2 aliphatic rings. The van der Waals surface area contributed by atoms with Gasteiger partial charge in [0, 0.05) is 23.2 Å².